The second-order valence-electron chi connectivity index (χ2n) is 4.82. The van der Waals surface area contributed by atoms with Gasteiger partial charge in [-0.25, -0.2) is 9.97 Å². The predicted octanol–water partition coefficient (Wildman–Crippen LogP) is 2.63. The third-order valence-electron chi connectivity index (χ3n) is 3.56. The number of rotatable bonds is 2. The molecule has 2 rings (SSSR count). The molecule has 1 aromatic heterocycles. The molecule has 2 heterocycles. The van der Waals surface area contributed by atoms with Crippen molar-refractivity contribution in [2.24, 2.45) is 5.41 Å². The Labute approximate surface area is 106 Å². The summed E-state index contributed by atoms with van der Waals surface area (Å²) in [4.78, 5) is 10.4. The van der Waals surface area contributed by atoms with Crippen molar-refractivity contribution in [3.63, 3.8) is 0 Å². The van der Waals surface area contributed by atoms with Crippen LogP contribution < -0.4 is 4.90 Å². The first-order valence-corrected chi connectivity index (χ1v) is 6.13. The molecule has 1 atom stereocenters. The summed E-state index contributed by atoms with van der Waals surface area (Å²) < 4.78 is 0. The Morgan fingerprint density at radius 2 is 2.41 bits per heavy atom. The molecule has 0 N–H and O–H groups in total. The van der Waals surface area contributed by atoms with Gasteiger partial charge in [0.2, 0.25) is 0 Å². The Hall–Kier alpha value is -1.34. The van der Waals surface area contributed by atoms with Gasteiger partial charge >= 0.3 is 0 Å². The van der Waals surface area contributed by atoms with Crippen molar-refractivity contribution < 1.29 is 0 Å². The molecule has 0 amide bonds. The first-order valence-electron chi connectivity index (χ1n) is 5.75. The highest BCUT2D eigenvalue weighted by Gasteiger charge is 2.32. The van der Waals surface area contributed by atoms with Crippen LogP contribution in [-0.2, 0) is 0 Å². The minimum atomic E-state index is 0.188. The Morgan fingerprint density at radius 3 is 2.94 bits per heavy atom. The van der Waals surface area contributed by atoms with Crippen molar-refractivity contribution in [2.45, 2.75) is 26.7 Å². The highest BCUT2D eigenvalue weighted by molar-refractivity contribution is 6.30. The zero-order valence-corrected chi connectivity index (χ0v) is 10.8. The van der Waals surface area contributed by atoms with Crippen LogP contribution in [0.3, 0.4) is 0 Å². The molecule has 1 unspecified atom stereocenters. The molecule has 0 saturated carbocycles. The molecule has 17 heavy (non-hydrogen) atoms. The van der Waals surface area contributed by atoms with E-state index in [1.54, 1.807) is 6.20 Å². The summed E-state index contributed by atoms with van der Waals surface area (Å²) in [5.41, 5.74) is 0.537. The normalized spacial score (nSPS) is 23.8. The summed E-state index contributed by atoms with van der Waals surface area (Å²) in [6.45, 7) is 6.44. The van der Waals surface area contributed by atoms with Crippen LogP contribution >= 0.6 is 11.6 Å². The van der Waals surface area contributed by atoms with Crippen LogP contribution in [0.1, 0.15) is 32.4 Å². The third kappa shape index (κ3) is 2.34. The van der Waals surface area contributed by atoms with Gasteiger partial charge in [-0.05, 0) is 18.3 Å². The van der Waals surface area contributed by atoms with Crippen molar-refractivity contribution in [2.75, 3.05) is 18.0 Å². The molecule has 1 aromatic rings. The molecular formula is C12H15ClN4. The number of nitrogens with zero attached hydrogens (tertiary/aromatic N) is 4. The number of hydrogen-bond donors (Lipinski definition) is 0. The smallest absolute Gasteiger partial charge is 0.178 e. The molecular weight excluding hydrogens is 236 g/mol. The highest BCUT2D eigenvalue weighted by atomic mass is 35.5. The molecule has 90 valence electrons. The van der Waals surface area contributed by atoms with E-state index in [2.05, 4.69) is 28.7 Å². The van der Waals surface area contributed by atoms with Crippen molar-refractivity contribution >= 4 is 17.4 Å². The monoisotopic (exact) mass is 250 g/mol. The summed E-state index contributed by atoms with van der Waals surface area (Å²) in [7, 11) is 0. The molecule has 0 bridgehead atoms. The van der Waals surface area contributed by atoms with Gasteiger partial charge in [0.1, 0.15) is 11.9 Å². The Balaban J connectivity index is 2.20. The molecule has 4 nitrogen and oxygen atoms in total. The van der Waals surface area contributed by atoms with Crippen molar-refractivity contribution in [3.05, 3.63) is 17.0 Å². The van der Waals surface area contributed by atoms with E-state index in [4.69, 9.17) is 16.9 Å². The van der Waals surface area contributed by atoms with E-state index in [-0.39, 0.29) is 10.8 Å². The molecule has 0 radical (unpaired) electrons. The lowest BCUT2D eigenvalue weighted by Gasteiger charge is -2.23. The minimum absolute atomic E-state index is 0.188. The number of halogens is 1. The second-order valence-corrected chi connectivity index (χ2v) is 5.17. The van der Waals surface area contributed by atoms with Gasteiger partial charge in [0, 0.05) is 13.1 Å². The van der Waals surface area contributed by atoms with Crippen LogP contribution in [-0.4, -0.2) is 23.1 Å². The van der Waals surface area contributed by atoms with Crippen LogP contribution in [0.25, 0.3) is 0 Å². The molecule has 0 spiro atoms. The van der Waals surface area contributed by atoms with Crippen molar-refractivity contribution in [3.8, 4) is 6.07 Å². The molecule has 5 heteroatoms. The SMILES string of the molecule is CCC1(C)CCN(c2cnc(C#N)c(Cl)n2)C1. The fourth-order valence-corrected chi connectivity index (χ4v) is 2.27. The number of anilines is 1. The zero-order valence-electron chi connectivity index (χ0n) is 10.1. The Morgan fingerprint density at radius 1 is 1.65 bits per heavy atom. The third-order valence-corrected chi connectivity index (χ3v) is 3.82. The average molecular weight is 251 g/mol. The minimum Gasteiger partial charge on any atom is -0.355 e. The predicted molar refractivity (Wildman–Crippen MR) is 67.0 cm³/mol. The van der Waals surface area contributed by atoms with Gasteiger partial charge in [0.15, 0.2) is 10.8 Å². The van der Waals surface area contributed by atoms with E-state index in [9.17, 15) is 0 Å². The van der Waals surface area contributed by atoms with E-state index in [0.29, 0.717) is 5.41 Å². The Kier molecular flexibility index (Phi) is 3.21. The van der Waals surface area contributed by atoms with Gasteiger partial charge in [-0.2, -0.15) is 5.26 Å². The zero-order chi connectivity index (χ0) is 12.5. The fraction of sp³-hybridized carbons (Fsp3) is 0.583. The molecule has 0 aromatic carbocycles. The van der Waals surface area contributed by atoms with Crippen LogP contribution in [0, 0.1) is 16.7 Å². The van der Waals surface area contributed by atoms with E-state index in [1.165, 1.54) is 0 Å². The molecule has 1 aliphatic heterocycles. The van der Waals surface area contributed by atoms with Gasteiger partial charge in [0.25, 0.3) is 0 Å². The van der Waals surface area contributed by atoms with Gasteiger partial charge < -0.3 is 4.90 Å². The first kappa shape index (κ1) is 12.1. The summed E-state index contributed by atoms with van der Waals surface area (Å²) in [6, 6.07) is 1.92. The Bertz CT molecular complexity index is 468. The average Bonchev–Trinajstić information content (AvgIpc) is 2.73. The summed E-state index contributed by atoms with van der Waals surface area (Å²) in [6.07, 6.45) is 3.94. The van der Waals surface area contributed by atoms with Gasteiger partial charge in [-0.1, -0.05) is 25.4 Å². The van der Waals surface area contributed by atoms with Crippen LogP contribution in [0.15, 0.2) is 6.20 Å². The molecule has 1 aliphatic rings. The van der Waals surface area contributed by atoms with E-state index in [0.717, 1.165) is 31.7 Å². The summed E-state index contributed by atoms with van der Waals surface area (Å²) in [5, 5.41) is 8.94. The summed E-state index contributed by atoms with van der Waals surface area (Å²) in [5.74, 6) is 0.770. The number of nitriles is 1. The highest BCUT2D eigenvalue weighted by Crippen LogP contribution is 2.35. The van der Waals surface area contributed by atoms with E-state index < -0.39 is 0 Å². The van der Waals surface area contributed by atoms with Crippen LogP contribution in [0.2, 0.25) is 5.15 Å². The second kappa shape index (κ2) is 4.50. The first-order chi connectivity index (χ1) is 8.08. The van der Waals surface area contributed by atoms with E-state index in [1.807, 2.05) is 6.07 Å². The molecule has 1 saturated heterocycles. The van der Waals surface area contributed by atoms with Crippen LogP contribution in [0.4, 0.5) is 5.82 Å². The summed E-state index contributed by atoms with van der Waals surface area (Å²) >= 11 is 5.89. The topological polar surface area (TPSA) is 52.8 Å². The maximum absolute atomic E-state index is 8.75. The van der Waals surface area contributed by atoms with Crippen molar-refractivity contribution in [1.82, 2.24) is 9.97 Å². The van der Waals surface area contributed by atoms with Crippen LogP contribution in [0.5, 0.6) is 0 Å². The maximum atomic E-state index is 8.75. The van der Waals surface area contributed by atoms with Crippen molar-refractivity contribution in [1.29, 1.82) is 5.26 Å². The van der Waals surface area contributed by atoms with Gasteiger partial charge in [-0.15, -0.1) is 0 Å². The lowest BCUT2D eigenvalue weighted by Crippen LogP contribution is -2.25. The number of hydrogen-bond acceptors (Lipinski definition) is 4. The molecule has 0 aliphatic carbocycles. The fourth-order valence-electron chi connectivity index (χ4n) is 2.09. The quantitative estimate of drug-likeness (QED) is 0.810. The van der Waals surface area contributed by atoms with Gasteiger partial charge in [-0.3, -0.25) is 0 Å². The maximum Gasteiger partial charge on any atom is 0.178 e. The largest absolute Gasteiger partial charge is 0.355 e. The lowest BCUT2D eigenvalue weighted by molar-refractivity contribution is 0.355. The van der Waals surface area contributed by atoms with Gasteiger partial charge in [0.05, 0.1) is 6.20 Å². The standard InChI is InChI=1S/C12H15ClN4/c1-3-12(2)4-5-17(8-12)10-7-15-9(6-14)11(13)16-10/h7H,3-5,8H2,1-2H3. The van der Waals surface area contributed by atoms with E-state index >= 15 is 0 Å². The number of aromatic nitrogens is 2. The molecule has 1 fully saturated rings. The lowest BCUT2D eigenvalue weighted by atomic mass is 9.87.